The van der Waals surface area contributed by atoms with Gasteiger partial charge in [-0.05, 0) is 43.2 Å². The summed E-state index contributed by atoms with van der Waals surface area (Å²) in [5, 5.41) is 16.4. The lowest BCUT2D eigenvalue weighted by Gasteiger charge is -2.23. The summed E-state index contributed by atoms with van der Waals surface area (Å²) in [6.07, 6.45) is 1.07. The van der Waals surface area contributed by atoms with E-state index in [1.165, 1.54) is 24.4 Å². The molecule has 0 radical (unpaired) electrons. The Labute approximate surface area is 220 Å². The first-order chi connectivity index (χ1) is 18.6. The van der Waals surface area contributed by atoms with Crippen LogP contribution in [0.15, 0.2) is 36.5 Å². The maximum Gasteiger partial charge on any atom is 0.491 e. The molecule has 2 aromatic heterocycles. The van der Waals surface area contributed by atoms with Crippen molar-refractivity contribution >= 4 is 17.8 Å². The number of nitrogens with one attached hydrogen (secondary N) is 3. The van der Waals surface area contributed by atoms with E-state index in [9.17, 15) is 32.7 Å². The number of rotatable bonds is 5. The number of alkyl halides is 3. The Balaban J connectivity index is 1.53. The molecule has 0 spiro atoms. The van der Waals surface area contributed by atoms with Crippen molar-refractivity contribution in [2.75, 3.05) is 6.54 Å². The Hall–Kier alpha value is -4.35. The summed E-state index contributed by atoms with van der Waals surface area (Å²) in [5.74, 6) is -5.20. The van der Waals surface area contributed by atoms with E-state index >= 15 is 0 Å². The van der Waals surface area contributed by atoms with Gasteiger partial charge < -0.3 is 25.5 Å². The van der Waals surface area contributed by atoms with Crippen molar-refractivity contribution in [3.05, 3.63) is 53.3 Å². The molecule has 1 aliphatic carbocycles. The Morgan fingerprint density at radius 1 is 1.08 bits per heavy atom. The summed E-state index contributed by atoms with van der Waals surface area (Å²) < 4.78 is 43.9. The number of amides is 2. The van der Waals surface area contributed by atoms with Gasteiger partial charge in [-0.3, -0.25) is 14.6 Å². The largest absolute Gasteiger partial charge is 0.504 e. The molecule has 5 rings (SSSR count). The zero-order valence-electron chi connectivity index (χ0n) is 20.7. The molecule has 2 amide bonds. The maximum absolute atomic E-state index is 13.1. The number of ether oxygens (including phenoxy) is 1. The number of aromatic hydroxyl groups is 1. The number of H-pyrrole nitrogens is 1. The van der Waals surface area contributed by atoms with Crippen LogP contribution >= 0.6 is 0 Å². The first-order valence-corrected chi connectivity index (χ1v) is 12.5. The standard InChI is InChI=1S/C27H25F3N4O5/c28-27(29,30)26(38)39-23-16(6-7-17(22(23)35)25(37)33-15-4-2-1-3-5-15)21-12-14(8-10-31-21)20-13-18-19(34-20)9-11-32-24(18)36/h6-8,10,12-13,15,34-35H,1-5,9,11H2,(H,32,36)(H,33,37). The third-order valence-corrected chi connectivity index (χ3v) is 6.89. The summed E-state index contributed by atoms with van der Waals surface area (Å²) >= 11 is 0. The zero-order valence-corrected chi connectivity index (χ0v) is 20.7. The molecule has 39 heavy (non-hydrogen) atoms. The molecule has 3 aromatic rings. The van der Waals surface area contributed by atoms with Crippen LogP contribution in [0.4, 0.5) is 13.2 Å². The first kappa shape index (κ1) is 26.3. The van der Waals surface area contributed by atoms with Crippen LogP contribution in [0, 0.1) is 0 Å². The molecule has 0 atom stereocenters. The van der Waals surface area contributed by atoms with Crippen molar-refractivity contribution in [1.82, 2.24) is 20.6 Å². The van der Waals surface area contributed by atoms with E-state index in [4.69, 9.17) is 0 Å². The average molecular weight is 543 g/mol. The Morgan fingerprint density at radius 2 is 1.85 bits per heavy atom. The normalized spacial score (nSPS) is 15.8. The number of aromatic amines is 1. The molecule has 1 fully saturated rings. The fraction of sp³-hybridized carbons (Fsp3) is 0.333. The van der Waals surface area contributed by atoms with Gasteiger partial charge in [-0.2, -0.15) is 13.2 Å². The summed E-state index contributed by atoms with van der Waals surface area (Å²) in [7, 11) is 0. The van der Waals surface area contributed by atoms with Crippen LogP contribution in [0.1, 0.15) is 58.5 Å². The molecular formula is C27H25F3N4O5. The Kier molecular flexibility index (Phi) is 7.02. The van der Waals surface area contributed by atoms with Crippen molar-refractivity contribution in [3.63, 3.8) is 0 Å². The smallest absolute Gasteiger partial charge is 0.491 e. The number of hydrogen-bond acceptors (Lipinski definition) is 6. The molecule has 3 heterocycles. The predicted octanol–water partition coefficient (Wildman–Crippen LogP) is 4.27. The van der Waals surface area contributed by atoms with Crippen LogP contribution in [0.2, 0.25) is 0 Å². The van der Waals surface area contributed by atoms with Gasteiger partial charge in [0.2, 0.25) is 0 Å². The van der Waals surface area contributed by atoms with Gasteiger partial charge in [-0.1, -0.05) is 19.3 Å². The van der Waals surface area contributed by atoms with Gasteiger partial charge in [-0.15, -0.1) is 0 Å². The van der Waals surface area contributed by atoms with Crippen LogP contribution < -0.4 is 15.4 Å². The van der Waals surface area contributed by atoms with Crippen LogP contribution in [0.3, 0.4) is 0 Å². The molecular weight excluding hydrogens is 517 g/mol. The number of hydrogen-bond donors (Lipinski definition) is 4. The molecule has 1 saturated carbocycles. The number of halogens is 3. The SMILES string of the molecule is O=C1NCCc2[nH]c(-c3ccnc(-c4ccc(C(=O)NC5CCCCC5)c(O)c4OC(=O)C(F)(F)F)c3)cc21. The maximum atomic E-state index is 13.1. The number of pyridine rings is 1. The third kappa shape index (κ3) is 5.45. The lowest BCUT2D eigenvalue weighted by atomic mass is 9.95. The quantitative estimate of drug-likeness (QED) is 0.281. The summed E-state index contributed by atoms with van der Waals surface area (Å²) in [4.78, 5) is 44.2. The highest BCUT2D eigenvalue weighted by atomic mass is 19.4. The van der Waals surface area contributed by atoms with E-state index in [0.29, 0.717) is 29.8 Å². The van der Waals surface area contributed by atoms with E-state index in [2.05, 4.69) is 25.3 Å². The molecule has 0 bridgehead atoms. The van der Waals surface area contributed by atoms with Gasteiger partial charge in [-0.25, -0.2) is 4.79 Å². The van der Waals surface area contributed by atoms with Crippen LogP contribution in [-0.4, -0.2) is 51.6 Å². The molecule has 1 aromatic carbocycles. The van der Waals surface area contributed by atoms with Gasteiger partial charge in [0.1, 0.15) is 0 Å². The lowest BCUT2D eigenvalue weighted by molar-refractivity contribution is -0.189. The van der Waals surface area contributed by atoms with Crippen LogP contribution in [0.25, 0.3) is 22.5 Å². The van der Waals surface area contributed by atoms with Gasteiger partial charge in [0.15, 0.2) is 11.5 Å². The highest BCUT2D eigenvalue weighted by molar-refractivity contribution is 6.00. The number of benzene rings is 1. The molecule has 4 N–H and O–H groups in total. The van der Waals surface area contributed by atoms with E-state index < -0.39 is 29.6 Å². The molecule has 9 nitrogen and oxygen atoms in total. The van der Waals surface area contributed by atoms with E-state index in [0.717, 1.165) is 37.8 Å². The second-order valence-corrected chi connectivity index (χ2v) is 9.54. The Bertz CT molecular complexity index is 1440. The Morgan fingerprint density at radius 3 is 2.56 bits per heavy atom. The fourth-order valence-corrected chi connectivity index (χ4v) is 4.91. The second kappa shape index (κ2) is 10.4. The van der Waals surface area contributed by atoms with Crippen molar-refractivity contribution in [1.29, 1.82) is 0 Å². The highest BCUT2D eigenvalue weighted by Crippen LogP contribution is 2.41. The van der Waals surface area contributed by atoms with Crippen LogP contribution in [-0.2, 0) is 11.2 Å². The second-order valence-electron chi connectivity index (χ2n) is 9.54. The lowest BCUT2D eigenvalue weighted by Crippen LogP contribution is -2.36. The third-order valence-electron chi connectivity index (χ3n) is 6.89. The number of esters is 1. The van der Waals surface area contributed by atoms with Crippen molar-refractivity contribution in [3.8, 4) is 34.0 Å². The number of carbonyl (C=O) groups excluding carboxylic acids is 3. The van der Waals surface area contributed by atoms with E-state index in [1.54, 1.807) is 12.1 Å². The van der Waals surface area contributed by atoms with Crippen molar-refractivity contribution < 1.29 is 37.4 Å². The van der Waals surface area contributed by atoms with Crippen molar-refractivity contribution in [2.45, 2.75) is 50.7 Å². The van der Waals surface area contributed by atoms with E-state index in [1.807, 2.05) is 0 Å². The van der Waals surface area contributed by atoms with E-state index in [-0.39, 0.29) is 28.8 Å². The minimum absolute atomic E-state index is 0.0732. The number of phenolic OH excluding ortho intramolecular Hbond substituents is 1. The minimum atomic E-state index is -5.34. The summed E-state index contributed by atoms with van der Waals surface area (Å²) in [6.45, 7) is 0.487. The number of carbonyl (C=O) groups is 3. The molecule has 12 heteroatoms. The zero-order chi connectivity index (χ0) is 27.7. The van der Waals surface area contributed by atoms with Gasteiger partial charge in [0.25, 0.3) is 11.8 Å². The summed E-state index contributed by atoms with van der Waals surface area (Å²) in [5.41, 5.74) is 1.97. The molecule has 0 unspecified atom stereocenters. The first-order valence-electron chi connectivity index (χ1n) is 12.5. The fourth-order valence-electron chi connectivity index (χ4n) is 4.91. The summed E-state index contributed by atoms with van der Waals surface area (Å²) in [6, 6.07) is 7.19. The molecule has 204 valence electrons. The topological polar surface area (TPSA) is 133 Å². The van der Waals surface area contributed by atoms with Crippen LogP contribution in [0.5, 0.6) is 11.5 Å². The van der Waals surface area contributed by atoms with Gasteiger partial charge >= 0.3 is 12.1 Å². The number of aromatic nitrogens is 2. The number of phenols is 1. The van der Waals surface area contributed by atoms with Gasteiger partial charge in [0, 0.05) is 47.7 Å². The molecule has 2 aliphatic rings. The average Bonchev–Trinajstić information content (AvgIpc) is 3.36. The molecule has 1 aliphatic heterocycles. The monoisotopic (exact) mass is 542 g/mol. The minimum Gasteiger partial charge on any atom is -0.504 e. The molecule has 0 saturated heterocycles. The number of fused-ring (bicyclic) bond motifs is 1. The number of nitrogens with zero attached hydrogens (tertiary/aromatic N) is 1. The van der Waals surface area contributed by atoms with Crippen molar-refractivity contribution in [2.24, 2.45) is 0 Å². The highest BCUT2D eigenvalue weighted by Gasteiger charge is 2.42. The predicted molar refractivity (Wildman–Crippen MR) is 133 cm³/mol. The van der Waals surface area contributed by atoms with Gasteiger partial charge in [0.05, 0.1) is 16.8 Å².